The number of hydrogen-bond donors (Lipinski definition) is 2. The molecule has 2 N–H and O–H groups in total. The van der Waals surface area contributed by atoms with Crippen LogP contribution in [0.1, 0.15) is 31.4 Å². The first-order valence-electron chi connectivity index (χ1n) is 5.36. The molecule has 0 aliphatic carbocycles. The van der Waals surface area contributed by atoms with Crippen LogP contribution < -0.4 is 5.32 Å². The van der Waals surface area contributed by atoms with Gasteiger partial charge in [-0.25, -0.2) is 0 Å². The molecule has 1 rings (SSSR count). The Labute approximate surface area is 115 Å². The number of carbonyl (C=O) groups excluding carboxylic acids is 1. The molecule has 0 unspecified atom stereocenters. The highest BCUT2D eigenvalue weighted by molar-refractivity contribution is 6.35. The normalized spacial score (nSPS) is 11.9. The summed E-state index contributed by atoms with van der Waals surface area (Å²) in [6, 6.07) is 4.71. The number of carboxylic acid groups (broad SMARTS) is 1. The van der Waals surface area contributed by atoms with E-state index in [-0.39, 0.29) is 24.8 Å². The van der Waals surface area contributed by atoms with E-state index in [1.165, 1.54) is 0 Å². The molecule has 18 heavy (non-hydrogen) atoms. The van der Waals surface area contributed by atoms with Crippen molar-refractivity contribution in [1.82, 2.24) is 5.32 Å². The first-order valence-corrected chi connectivity index (χ1v) is 6.12. The molecule has 0 radical (unpaired) electrons. The summed E-state index contributed by atoms with van der Waals surface area (Å²) in [7, 11) is 0. The number of halogens is 2. The van der Waals surface area contributed by atoms with Gasteiger partial charge in [-0.2, -0.15) is 0 Å². The Morgan fingerprint density at radius 3 is 2.56 bits per heavy atom. The fraction of sp³-hybridized carbons (Fsp3) is 0.333. The van der Waals surface area contributed by atoms with Gasteiger partial charge in [0.2, 0.25) is 5.91 Å². The van der Waals surface area contributed by atoms with Crippen LogP contribution in [0.2, 0.25) is 10.0 Å². The predicted octanol–water partition coefficient (Wildman–Crippen LogP) is 3.04. The maximum absolute atomic E-state index is 11.5. The third-order valence-corrected chi connectivity index (χ3v) is 2.93. The Kier molecular flexibility index (Phi) is 5.44. The van der Waals surface area contributed by atoms with Crippen LogP contribution in [0.5, 0.6) is 0 Å². The van der Waals surface area contributed by atoms with Crippen LogP contribution in [0.15, 0.2) is 18.2 Å². The second-order valence-corrected chi connectivity index (χ2v) is 4.69. The second kappa shape index (κ2) is 6.61. The molecule has 0 saturated heterocycles. The fourth-order valence-electron chi connectivity index (χ4n) is 1.46. The van der Waals surface area contributed by atoms with Crippen molar-refractivity contribution in [3.05, 3.63) is 33.8 Å². The topological polar surface area (TPSA) is 66.4 Å². The van der Waals surface area contributed by atoms with Gasteiger partial charge in [-0.1, -0.05) is 29.3 Å². The highest BCUT2D eigenvalue weighted by atomic mass is 35.5. The van der Waals surface area contributed by atoms with Gasteiger partial charge in [0.15, 0.2) is 0 Å². The van der Waals surface area contributed by atoms with E-state index < -0.39 is 5.97 Å². The molecule has 0 bridgehead atoms. The first kappa shape index (κ1) is 14.8. The molecule has 0 saturated carbocycles. The fourth-order valence-corrected chi connectivity index (χ4v) is 2.04. The summed E-state index contributed by atoms with van der Waals surface area (Å²) in [4.78, 5) is 21.8. The van der Waals surface area contributed by atoms with Crippen molar-refractivity contribution >= 4 is 35.1 Å². The molecule has 1 atom stereocenters. The Morgan fingerprint density at radius 2 is 2.00 bits per heavy atom. The molecule has 0 aliphatic rings. The lowest BCUT2D eigenvalue weighted by molar-refractivity contribution is -0.138. The number of hydrogen-bond acceptors (Lipinski definition) is 2. The van der Waals surface area contributed by atoms with Crippen LogP contribution in [0.3, 0.4) is 0 Å². The van der Waals surface area contributed by atoms with Gasteiger partial charge in [0.05, 0.1) is 12.5 Å². The molecule has 0 heterocycles. The summed E-state index contributed by atoms with van der Waals surface area (Å²) >= 11 is 11.8. The Hall–Kier alpha value is -1.26. The largest absolute Gasteiger partial charge is 0.481 e. The summed E-state index contributed by atoms with van der Waals surface area (Å²) in [6.45, 7) is 1.77. The van der Waals surface area contributed by atoms with Crippen LogP contribution >= 0.6 is 23.2 Å². The zero-order valence-corrected chi connectivity index (χ0v) is 11.3. The summed E-state index contributed by atoms with van der Waals surface area (Å²) < 4.78 is 0. The summed E-state index contributed by atoms with van der Waals surface area (Å²) in [5.41, 5.74) is 0.741. The van der Waals surface area contributed by atoms with Gasteiger partial charge in [-0.3, -0.25) is 9.59 Å². The zero-order chi connectivity index (χ0) is 13.7. The number of aliphatic carboxylic acids is 1. The van der Waals surface area contributed by atoms with E-state index in [9.17, 15) is 9.59 Å². The summed E-state index contributed by atoms with van der Waals surface area (Å²) in [5.74, 6) is -1.32. The van der Waals surface area contributed by atoms with Crippen molar-refractivity contribution in [1.29, 1.82) is 0 Å². The summed E-state index contributed by atoms with van der Waals surface area (Å²) in [6.07, 6.45) is -0.238. The van der Waals surface area contributed by atoms with Crippen molar-refractivity contribution in [2.75, 3.05) is 0 Å². The minimum Gasteiger partial charge on any atom is -0.481 e. The van der Waals surface area contributed by atoms with Gasteiger partial charge < -0.3 is 10.4 Å². The first-order chi connectivity index (χ1) is 8.40. The number of carbonyl (C=O) groups is 2. The standard InChI is InChI=1S/C12H13Cl2NO3/c1-7(15-11(16)4-5-12(17)18)9-3-2-8(13)6-10(9)14/h2-3,6-7H,4-5H2,1H3,(H,15,16)(H,17,18)/t7-/m0/s1. The van der Waals surface area contributed by atoms with Crippen molar-refractivity contribution < 1.29 is 14.7 Å². The molecular weight excluding hydrogens is 277 g/mol. The van der Waals surface area contributed by atoms with Crippen molar-refractivity contribution in [3.63, 3.8) is 0 Å². The lowest BCUT2D eigenvalue weighted by Gasteiger charge is -2.15. The van der Waals surface area contributed by atoms with Crippen LogP contribution in [0.25, 0.3) is 0 Å². The highest BCUT2D eigenvalue weighted by Crippen LogP contribution is 2.26. The third-order valence-electron chi connectivity index (χ3n) is 2.37. The average molecular weight is 290 g/mol. The van der Waals surface area contributed by atoms with Gasteiger partial charge >= 0.3 is 5.97 Å². The van der Waals surface area contributed by atoms with Crippen LogP contribution in [0, 0.1) is 0 Å². The lowest BCUT2D eigenvalue weighted by atomic mass is 10.1. The Morgan fingerprint density at radius 1 is 1.33 bits per heavy atom. The minimum atomic E-state index is -0.998. The van der Waals surface area contributed by atoms with E-state index in [0.717, 1.165) is 5.56 Å². The molecule has 98 valence electrons. The molecule has 1 aromatic carbocycles. The maximum Gasteiger partial charge on any atom is 0.303 e. The van der Waals surface area contributed by atoms with Crippen molar-refractivity contribution in [3.8, 4) is 0 Å². The molecular formula is C12H13Cl2NO3. The second-order valence-electron chi connectivity index (χ2n) is 3.85. The molecule has 0 spiro atoms. The number of nitrogens with one attached hydrogen (secondary N) is 1. The quantitative estimate of drug-likeness (QED) is 0.876. The van der Waals surface area contributed by atoms with E-state index in [2.05, 4.69) is 5.32 Å². The molecule has 6 heteroatoms. The molecule has 4 nitrogen and oxygen atoms in total. The van der Waals surface area contributed by atoms with Crippen molar-refractivity contribution in [2.45, 2.75) is 25.8 Å². The number of benzene rings is 1. The average Bonchev–Trinajstić information content (AvgIpc) is 2.26. The number of amides is 1. The maximum atomic E-state index is 11.5. The SMILES string of the molecule is C[C@H](NC(=O)CCC(=O)O)c1ccc(Cl)cc1Cl. The molecule has 0 fully saturated rings. The van der Waals surface area contributed by atoms with Crippen LogP contribution in [-0.2, 0) is 9.59 Å². The van der Waals surface area contributed by atoms with E-state index in [1.54, 1.807) is 25.1 Å². The third kappa shape index (κ3) is 4.55. The van der Waals surface area contributed by atoms with E-state index in [1.807, 2.05) is 0 Å². The Bertz CT molecular complexity index is 463. The van der Waals surface area contributed by atoms with Gasteiger partial charge in [0.1, 0.15) is 0 Å². The lowest BCUT2D eigenvalue weighted by Crippen LogP contribution is -2.27. The van der Waals surface area contributed by atoms with Gasteiger partial charge in [0.25, 0.3) is 0 Å². The van der Waals surface area contributed by atoms with E-state index in [0.29, 0.717) is 10.0 Å². The van der Waals surface area contributed by atoms with Crippen molar-refractivity contribution in [2.24, 2.45) is 0 Å². The molecule has 1 aromatic rings. The zero-order valence-electron chi connectivity index (χ0n) is 9.74. The predicted molar refractivity (Wildman–Crippen MR) is 69.9 cm³/mol. The van der Waals surface area contributed by atoms with Gasteiger partial charge in [0, 0.05) is 16.5 Å². The van der Waals surface area contributed by atoms with Crippen LogP contribution in [-0.4, -0.2) is 17.0 Å². The highest BCUT2D eigenvalue weighted by Gasteiger charge is 2.13. The van der Waals surface area contributed by atoms with Crippen LogP contribution in [0.4, 0.5) is 0 Å². The molecule has 0 aliphatic heterocycles. The minimum absolute atomic E-state index is 0.0507. The monoisotopic (exact) mass is 289 g/mol. The summed E-state index contributed by atoms with van der Waals surface area (Å²) in [5, 5.41) is 12.1. The number of rotatable bonds is 5. The Balaban J connectivity index is 2.62. The van der Waals surface area contributed by atoms with E-state index in [4.69, 9.17) is 28.3 Å². The van der Waals surface area contributed by atoms with Gasteiger partial charge in [-0.05, 0) is 24.6 Å². The smallest absolute Gasteiger partial charge is 0.303 e. The van der Waals surface area contributed by atoms with E-state index >= 15 is 0 Å². The molecule has 0 aromatic heterocycles. The molecule has 1 amide bonds. The number of carboxylic acids is 1. The van der Waals surface area contributed by atoms with Gasteiger partial charge in [-0.15, -0.1) is 0 Å².